The summed E-state index contributed by atoms with van der Waals surface area (Å²) < 4.78 is 41.9. The van der Waals surface area contributed by atoms with Gasteiger partial charge in [-0.3, -0.25) is 9.69 Å². The van der Waals surface area contributed by atoms with Crippen molar-refractivity contribution in [2.45, 2.75) is 6.61 Å². The first-order valence-electron chi connectivity index (χ1n) is 7.02. The van der Waals surface area contributed by atoms with Crippen LogP contribution in [-0.4, -0.2) is 16.8 Å². The van der Waals surface area contributed by atoms with Crippen molar-refractivity contribution in [1.82, 2.24) is 0 Å². The summed E-state index contributed by atoms with van der Waals surface area (Å²) in [5.74, 6) is -0.698. The Balaban J connectivity index is 1.81. The molecule has 3 nitrogen and oxygen atoms in total. The quantitative estimate of drug-likeness (QED) is 0.560. The Hall–Kier alpha value is -2.32. The molecule has 0 aliphatic carbocycles. The van der Waals surface area contributed by atoms with Gasteiger partial charge in [0.1, 0.15) is 11.6 Å². The van der Waals surface area contributed by atoms with Gasteiger partial charge in [-0.2, -0.15) is 8.78 Å². The first-order chi connectivity index (χ1) is 11.9. The molecule has 8 heteroatoms. The molecule has 0 radical (unpaired) electrons. The van der Waals surface area contributed by atoms with E-state index in [9.17, 15) is 18.0 Å². The van der Waals surface area contributed by atoms with Crippen LogP contribution in [0.1, 0.15) is 5.56 Å². The monoisotopic (exact) mass is 381 g/mol. The van der Waals surface area contributed by atoms with Crippen molar-refractivity contribution >= 4 is 46.0 Å². The molecule has 2 aromatic carbocycles. The Morgan fingerprint density at radius 2 is 1.72 bits per heavy atom. The van der Waals surface area contributed by atoms with Crippen molar-refractivity contribution in [3.8, 4) is 5.75 Å². The highest BCUT2D eigenvalue weighted by atomic mass is 32.2. The van der Waals surface area contributed by atoms with Crippen LogP contribution in [0.3, 0.4) is 0 Å². The Labute approximate surface area is 151 Å². The molecular formula is C17H10F3NO2S2. The zero-order valence-electron chi connectivity index (χ0n) is 12.5. The van der Waals surface area contributed by atoms with Crippen molar-refractivity contribution in [3.05, 3.63) is 64.8 Å². The molecule has 1 fully saturated rings. The summed E-state index contributed by atoms with van der Waals surface area (Å²) in [7, 11) is 0. The van der Waals surface area contributed by atoms with E-state index in [1.807, 2.05) is 0 Å². The number of anilines is 1. The molecule has 1 heterocycles. The fourth-order valence-corrected chi connectivity index (χ4v) is 3.48. The number of rotatable bonds is 4. The second kappa shape index (κ2) is 7.28. The molecular weight excluding hydrogens is 371 g/mol. The summed E-state index contributed by atoms with van der Waals surface area (Å²) in [6.07, 6.45) is 1.61. The highest BCUT2D eigenvalue weighted by Crippen LogP contribution is 2.36. The van der Waals surface area contributed by atoms with Gasteiger partial charge in [0, 0.05) is 0 Å². The predicted molar refractivity (Wildman–Crippen MR) is 95.1 cm³/mol. The van der Waals surface area contributed by atoms with Crippen molar-refractivity contribution in [2.24, 2.45) is 0 Å². The van der Waals surface area contributed by atoms with Crippen LogP contribution < -0.4 is 9.64 Å². The average molecular weight is 381 g/mol. The maximum atomic E-state index is 13.0. The molecule has 1 aliphatic heterocycles. The number of ether oxygens (including phenoxy) is 1. The maximum absolute atomic E-state index is 13.0. The summed E-state index contributed by atoms with van der Waals surface area (Å²) in [6.45, 7) is -2.89. The van der Waals surface area contributed by atoms with Gasteiger partial charge in [-0.25, -0.2) is 4.39 Å². The largest absolute Gasteiger partial charge is 0.435 e. The fraction of sp³-hybridized carbons (Fsp3) is 0.0588. The van der Waals surface area contributed by atoms with Crippen LogP contribution in [0.15, 0.2) is 53.4 Å². The van der Waals surface area contributed by atoms with Crippen LogP contribution in [0, 0.1) is 5.82 Å². The van der Waals surface area contributed by atoms with Crippen molar-refractivity contribution in [1.29, 1.82) is 0 Å². The minimum atomic E-state index is -2.89. The zero-order chi connectivity index (χ0) is 18.0. The molecule has 0 N–H and O–H groups in total. The molecule has 2 aromatic rings. The molecule has 128 valence electrons. The van der Waals surface area contributed by atoms with E-state index in [0.29, 0.717) is 20.5 Å². The second-order valence-corrected chi connectivity index (χ2v) is 6.62. The Morgan fingerprint density at radius 1 is 1.08 bits per heavy atom. The average Bonchev–Trinajstić information content (AvgIpc) is 2.84. The van der Waals surface area contributed by atoms with Gasteiger partial charge in [-0.1, -0.05) is 36.1 Å². The Morgan fingerprint density at radius 3 is 2.32 bits per heavy atom. The van der Waals surface area contributed by atoms with E-state index in [1.54, 1.807) is 18.2 Å². The molecule has 0 unspecified atom stereocenters. The number of carbonyl (C=O) groups is 1. The number of thioether (sulfide) groups is 1. The molecule has 25 heavy (non-hydrogen) atoms. The van der Waals surface area contributed by atoms with Crippen LogP contribution in [0.25, 0.3) is 6.08 Å². The number of halogens is 3. The molecule has 1 saturated heterocycles. The summed E-state index contributed by atoms with van der Waals surface area (Å²) in [5.41, 5.74) is 1.12. The summed E-state index contributed by atoms with van der Waals surface area (Å²) in [6, 6.07) is 11.3. The van der Waals surface area contributed by atoms with Crippen LogP contribution >= 0.6 is 24.0 Å². The second-order valence-electron chi connectivity index (χ2n) is 4.94. The number of hydrogen-bond donors (Lipinski definition) is 0. The molecule has 3 rings (SSSR count). The normalized spacial score (nSPS) is 16.2. The van der Waals surface area contributed by atoms with E-state index in [0.717, 1.165) is 11.8 Å². The summed E-state index contributed by atoms with van der Waals surface area (Å²) in [4.78, 5) is 14.3. The van der Waals surface area contributed by atoms with Gasteiger partial charge < -0.3 is 4.74 Å². The number of benzene rings is 2. The van der Waals surface area contributed by atoms with Gasteiger partial charge in [-0.05, 0) is 48.0 Å². The van der Waals surface area contributed by atoms with Crippen LogP contribution in [-0.2, 0) is 4.79 Å². The topological polar surface area (TPSA) is 29.5 Å². The van der Waals surface area contributed by atoms with Crippen LogP contribution in [0.2, 0.25) is 0 Å². The predicted octanol–water partition coefficient (Wildman–Crippen LogP) is 4.83. The van der Waals surface area contributed by atoms with Gasteiger partial charge >= 0.3 is 6.61 Å². The van der Waals surface area contributed by atoms with E-state index in [4.69, 9.17) is 12.2 Å². The minimum absolute atomic E-state index is 0.0333. The van der Waals surface area contributed by atoms with E-state index in [-0.39, 0.29) is 11.7 Å². The standard InChI is InChI=1S/C17H10F3NO2S2/c18-11-3-5-12(6-4-11)21-15(22)14(25-17(21)24)9-10-1-7-13(8-2-10)23-16(19)20/h1-9,16H/b14-9+. The van der Waals surface area contributed by atoms with E-state index < -0.39 is 12.4 Å². The molecule has 0 spiro atoms. The third-order valence-electron chi connectivity index (χ3n) is 3.28. The van der Waals surface area contributed by atoms with E-state index >= 15 is 0 Å². The lowest BCUT2D eigenvalue weighted by Gasteiger charge is -2.14. The first kappa shape index (κ1) is 17.5. The van der Waals surface area contributed by atoms with E-state index in [2.05, 4.69) is 4.74 Å². The lowest BCUT2D eigenvalue weighted by atomic mass is 10.2. The first-order valence-corrected chi connectivity index (χ1v) is 8.25. The van der Waals surface area contributed by atoms with Gasteiger partial charge in [0.15, 0.2) is 4.32 Å². The third kappa shape index (κ3) is 4.02. The SMILES string of the molecule is O=C1/C(=C\c2ccc(OC(F)F)cc2)SC(=S)N1c1ccc(F)cc1. The van der Waals surface area contributed by atoms with Gasteiger partial charge in [0.2, 0.25) is 0 Å². The molecule has 0 aromatic heterocycles. The van der Waals surface area contributed by atoms with Gasteiger partial charge in [-0.15, -0.1) is 0 Å². The fourth-order valence-electron chi connectivity index (χ4n) is 2.18. The Kier molecular flexibility index (Phi) is 5.10. The molecule has 1 amide bonds. The summed E-state index contributed by atoms with van der Waals surface area (Å²) in [5, 5.41) is 0. The molecule has 0 bridgehead atoms. The highest BCUT2D eigenvalue weighted by molar-refractivity contribution is 8.27. The summed E-state index contributed by atoms with van der Waals surface area (Å²) >= 11 is 6.34. The van der Waals surface area contributed by atoms with Crippen LogP contribution in [0.4, 0.5) is 18.9 Å². The maximum Gasteiger partial charge on any atom is 0.387 e. The van der Waals surface area contributed by atoms with Crippen LogP contribution in [0.5, 0.6) is 5.75 Å². The number of amides is 1. The lowest BCUT2D eigenvalue weighted by Crippen LogP contribution is -2.27. The number of alkyl halides is 2. The minimum Gasteiger partial charge on any atom is -0.435 e. The Bertz CT molecular complexity index is 836. The lowest BCUT2D eigenvalue weighted by molar-refractivity contribution is -0.113. The number of thiocarbonyl (C=S) groups is 1. The number of hydrogen-bond acceptors (Lipinski definition) is 4. The van der Waals surface area contributed by atoms with Gasteiger partial charge in [0.25, 0.3) is 5.91 Å². The van der Waals surface area contributed by atoms with Crippen molar-refractivity contribution < 1.29 is 22.7 Å². The van der Waals surface area contributed by atoms with Crippen molar-refractivity contribution in [3.63, 3.8) is 0 Å². The van der Waals surface area contributed by atoms with Gasteiger partial charge in [0.05, 0.1) is 10.6 Å². The van der Waals surface area contributed by atoms with E-state index in [1.165, 1.54) is 41.3 Å². The van der Waals surface area contributed by atoms with Crippen molar-refractivity contribution in [2.75, 3.05) is 4.90 Å². The zero-order valence-corrected chi connectivity index (χ0v) is 14.1. The molecule has 1 aliphatic rings. The number of nitrogens with zero attached hydrogens (tertiary/aromatic N) is 1. The third-order valence-corrected chi connectivity index (χ3v) is 4.58. The molecule has 0 saturated carbocycles. The number of carbonyl (C=O) groups excluding carboxylic acids is 1. The smallest absolute Gasteiger partial charge is 0.387 e. The molecule has 0 atom stereocenters. The highest BCUT2D eigenvalue weighted by Gasteiger charge is 2.33.